The van der Waals surface area contributed by atoms with Gasteiger partial charge in [-0.3, -0.25) is 0 Å². The maximum atomic E-state index is 12.1. The molecular weight excluding hydrogens is 299 g/mol. The van der Waals surface area contributed by atoms with Gasteiger partial charge in [0, 0.05) is 4.90 Å². The van der Waals surface area contributed by atoms with Crippen LogP contribution < -0.4 is 5.73 Å². The Hall–Kier alpha value is -0.430. The van der Waals surface area contributed by atoms with Gasteiger partial charge in [-0.25, -0.2) is 0 Å². The largest absolute Gasteiger partial charge is 0.446 e. The fourth-order valence-electron chi connectivity index (χ4n) is 1.50. The Bertz CT molecular complexity index is 384. The normalized spacial score (nSPS) is 14.9. The first-order chi connectivity index (χ1) is 8.20. The van der Waals surface area contributed by atoms with E-state index in [2.05, 4.69) is 0 Å². The monoisotopic (exact) mass is 315 g/mol. The number of hydrogen-bond donors (Lipinski definition) is 2. The van der Waals surface area contributed by atoms with Crippen molar-refractivity contribution in [3.8, 4) is 0 Å². The summed E-state index contributed by atoms with van der Waals surface area (Å²) in [7, 11) is 0. The molecule has 7 heteroatoms. The summed E-state index contributed by atoms with van der Waals surface area (Å²) in [5, 5.41) is 9.79. The average molecular weight is 316 g/mol. The van der Waals surface area contributed by atoms with Crippen molar-refractivity contribution in [3.05, 3.63) is 29.8 Å². The van der Waals surface area contributed by atoms with Crippen LogP contribution in [0, 0.1) is 5.92 Å². The molecule has 0 fully saturated rings. The van der Waals surface area contributed by atoms with Crippen LogP contribution in [0.3, 0.4) is 0 Å². The van der Waals surface area contributed by atoms with Crippen molar-refractivity contribution in [2.45, 2.75) is 36.4 Å². The van der Waals surface area contributed by atoms with Crippen molar-refractivity contribution in [1.29, 1.82) is 0 Å². The van der Waals surface area contributed by atoms with Crippen LogP contribution in [-0.4, -0.2) is 16.7 Å². The summed E-state index contributed by atoms with van der Waals surface area (Å²) in [6, 6.07) is 5.17. The summed E-state index contributed by atoms with van der Waals surface area (Å²) in [5.74, 6) is -0.00998. The van der Waals surface area contributed by atoms with Gasteiger partial charge < -0.3 is 10.8 Å². The van der Waals surface area contributed by atoms with Crippen LogP contribution in [0.5, 0.6) is 0 Å². The van der Waals surface area contributed by atoms with E-state index in [4.69, 9.17) is 5.73 Å². The van der Waals surface area contributed by atoms with Gasteiger partial charge in [0.25, 0.3) is 0 Å². The van der Waals surface area contributed by atoms with E-state index in [1.807, 2.05) is 13.8 Å². The quantitative estimate of drug-likeness (QED) is 0.832. The molecule has 0 saturated heterocycles. The number of rotatable bonds is 4. The lowest BCUT2D eigenvalue weighted by Gasteiger charge is -2.22. The summed E-state index contributed by atoms with van der Waals surface area (Å²) < 4.78 is 36.4. The van der Waals surface area contributed by atoms with Gasteiger partial charge >= 0.3 is 5.51 Å². The molecule has 0 bridgehead atoms. The van der Waals surface area contributed by atoms with Gasteiger partial charge in [0.1, 0.15) is 0 Å². The maximum Gasteiger partial charge on any atom is 0.446 e. The molecule has 0 radical (unpaired) electrons. The predicted molar refractivity (Wildman–Crippen MR) is 73.4 cm³/mol. The van der Waals surface area contributed by atoms with Gasteiger partial charge in [-0.1, -0.05) is 26.0 Å². The first kappa shape index (κ1) is 18.6. The molecule has 1 aromatic carbocycles. The van der Waals surface area contributed by atoms with E-state index in [0.717, 1.165) is 0 Å². The van der Waals surface area contributed by atoms with E-state index in [9.17, 15) is 18.3 Å². The minimum atomic E-state index is -4.29. The number of hydrogen-bond acceptors (Lipinski definition) is 3. The number of aliphatic hydroxyl groups is 1. The summed E-state index contributed by atoms with van der Waals surface area (Å²) in [6.45, 7) is 3.66. The van der Waals surface area contributed by atoms with Gasteiger partial charge in [0.2, 0.25) is 0 Å². The molecular formula is C12H17ClF3NOS. The molecule has 0 aromatic heterocycles. The van der Waals surface area contributed by atoms with Crippen molar-refractivity contribution in [3.63, 3.8) is 0 Å². The Labute approximate surface area is 121 Å². The lowest BCUT2D eigenvalue weighted by Crippen LogP contribution is -2.30. The molecule has 3 N–H and O–H groups in total. The first-order valence-electron chi connectivity index (χ1n) is 5.50. The second-order valence-corrected chi connectivity index (χ2v) is 5.52. The highest BCUT2D eigenvalue weighted by atomic mass is 35.5. The number of alkyl halides is 3. The smallest absolute Gasteiger partial charge is 0.391 e. The zero-order chi connectivity index (χ0) is 13.9. The number of benzene rings is 1. The van der Waals surface area contributed by atoms with E-state index >= 15 is 0 Å². The Morgan fingerprint density at radius 1 is 1.16 bits per heavy atom. The zero-order valence-corrected chi connectivity index (χ0v) is 12.1. The van der Waals surface area contributed by atoms with Crippen LogP contribution in [0.25, 0.3) is 0 Å². The lowest BCUT2D eigenvalue weighted by molar-refractivity contribution is -0.0328. The van der Waals surface area contributed by atoms with Crippen molar-refractivity contribution < 1.29 is 18.3 Å². The SMILES string of the molecule is CC(C)[C@H](O)[C@H](N)c1ccc(SC(F)(F)F)cc1.Cl. The van der Waals surface area contributed by atoms with Crippen LogP contribution in [0.15, 0.2) is 29.2 Å². The van der Waals surface area contributed by atoms with Crippen LogP contribution in [-0.2, 0) is 0 Å². The highest BCUT2D eigenvalue weighted by Crippen LogP contribution is 2.37. The summed E-state index contributed by atoms with van der Waals surface area (Å²) in [5.41, 5.74) is 2.17. The molecule has 0 saturated carbocycles. The summed E-state index contributed by atoms with van der Waals surface area (Å²) in [4.78, 5) is 0.109. The van der Waals surface area contributed by atoms with Gasteiger partial charge in [0.15, 0.2) is 0 Å². The number of thioether (sulfide) groups is 1. The molecule has 1 rings (SSSR count). The standard InChI is InChI=1S/C12H16F3NOS.ClH/c1-7(2)11(17)10(16)8-3-5-9(6-4-8)18-12(13,14)15;/h3-7,10-11,17H,16H2,1-2H3;1H/t10-,11+;/m1./s1. The van der Waals surface area contributed by atoms with Crippen molar-refractivity contribution in [1.82, 2.24) is 0 Å². The molecule has 19 heavy (non-hydrogen) atoms. The molecule has 0 spiro atoms. The van der Waals surface area contributed by atoms with E-state index in [1.54, 1.807) is 0 Å². The van der Waals surface area contributed by atoms with Crippen molar-refractivity contribution in [2.24, 2.45) is 11.7 Å². The number of halogens is 4. The lowest BCUT2D eigenvalue weighted by atomic mass is 9.95. The fourth-order valence-corrected chi connectivity index (χ4v) is 2.04. The molecule has 0 aliphatic carbocycles. The second kappa shape index (κ2) is 7.38. The Morgan fingerprint density at radius 3 is 2.00 bits per heavy atom. The molecule has 0 aliphatic rings. The molecule has 2 nitrogen and oxygen atoms in total. The molecule has 0 heterocycles. The Morgan fingerprint density at radius 2 is 1.63 bits per heavy atom. The van der Waals surface area contributed by atoms with Crippen molar-refractivity contribution >= 4 is 24.2 Å². The topological polar surface area (TPSA) is 46.2 Å². The van der Waals surface area contributed by atoms with E-state index in [0.29, 0.717) is 5.56 Å². The first-order valence-corrected chi connectivity index (χ1v) is 6.31. The van der Waals surface area contributed by atoms with Gasteiger partial charge in [-0.2, -0.15) is 13.2 Å². The van der Waals surface area contributed by atoms with E-state index < -0.39 is 17.7 Å². The van der Waals surface area contributed by atoms with Gasteiger partial charge in [0.05, 0.1) is 12.1 Å². The highest BCUT2D eigenvalue weighted by molar-refractivity contribution is 8.00. The second-order valence-electron chi connectivity index (χ2n) is 4.38. The van der Waals surface area contributed by atoms with Crippen LogP contribution in [0.4, 0.5) is 13.2 Å². The van der Waals surface area contributed by atoms with Crippen LogP contribution in [0.1, 0.15) is 25.5 Å². The van der Waals surface area contributed by atoms with E-state index in [-0.39, 0.29) is 35.0 Å². The van der Waals surface area contributed by atoms with Crippen molar-refractivity contribution in [2.75, 3.05) is 0 Å². The van der Waals surface area contributed by atoms with Gasteiger partial charge in [-0.15, -0.1) is 12.4 Å². The molecule has 1 aromatic rings. The minimum absolute atomic E-state index is 0. The Balaban J connectivity index is 0.00000324. The molecule has 2 atom stereocenters. The fraction of sp³-hybridized carbons (Fsp3) is 0.500. The molecule has 0 aliphatic heterocycles. The third kappa shape index (κ3) is 6.03. The predicted octanol–water partition coefficient (Wildman–Crippen LogP) is 3.74. The van der Waals surface area contributed by atoms with Gasteiger partial charge in [-0.05, 0) is 35.4 Å². The van der Waals surface area contributed by atoms with Crippen LogP contribution >= 0.6 is 24.2 Å². The third-order valence-electron chi connectivity index (χ3n) is 2.55. The Kier molecular flexibility index (Phi) is 7.21. The maximum absolute atomic E-state index is 12.1. The minimum Gasteiger partial charge on any atom is -0.391 e. The third-order valence-corrected chi connectivity index (χ3v) is 3.29. The summed E-state index contributed by atoms with van der Waals surface area (Å²) in [6.07, 6.45) is -0.717. The van der Waals surface area contributed by atoms with Crippen LogP contribution in [0.2, 0.25) is 0 Å². The van der Waals surface area contributed by atoms with E-state index in [1.165, 1.54) is 24.3 Å². The number of nitrogens with two attached hydrogens (primary N) is 1. The molecule has 0 unspecified atom stereocenters. The number of aliphatic hydroxyl groups excluding tert-OH is 1. The zero-order valence-electron chi connectivity index (χ0n) is 10.5. The summed E-state index contributed by atoms with van der Waals surface area (Å²) >= 11 is -0.167. The highest BCUT2D eigenvalue weighted by Gasteiger charge is 2.29. The molecule has 110 valence electrons. The molecule has 0 amide bonds. The average Bonchev–Trinajstić information content (AvgIpc) is 2.26.